The maximum absolute atomic E-state index is 10.3. The van der Waals surface area contributed by atoms with Crippen LogP contribution in [0, 0.1) is 10.1 Å². The summed E-state index contributed by atoms with van der Waals surface area (Å²) in [6.07, 6.45) is 0. The molecule has 1 aromatic rings. The molecule has 0 saturated carbocycles. The van der Waals surface area contributed by atoms with Gasteiger partial charge in [-0.05, 0) is 19.1 Å². The van der Waals surface area contributed by atoms with Gasteiger partial charge in [-0.15, -0.1) is 0 Å². The van der Waals surface area contributed by atoms with E-state index in [-0.39, 0.29) is 5.69 Å². The smallest absolute Gasteiger partial charge is 0.269 e. The van der Waals surface area contributed by atoms with Crippen LogP contribution < -0.4 is 0 Å². The van der Waals surface area contributed by atoms with Gasteiger partial charge in [0.25, 0.3) is 5.69 Å². The highest BCUT2D eigenvalue weighted by molar-refractivity contribution is 7.99. The van der Waals surface area contributed by atoms with Gasteiger partial charge in [-0.1, -0.05) is 11.8 Å². The van der Waals surface area contributed by atoms with E-state index in [0.29, 0.717) is 0 Å². The van der Waals surface area contributed by atoms with Crippen molar-refractivity contribution in [3.8, 4) is 0 Å². The van der Waals surface area contributed by atoms with Crippen LogP contribution in [0.5, 0.6) is 0 Å². The van der Waals surface area contributed by atoms with Gasteiger partial charge in [0.15, 0.2) is 0 Å². The Hall–Kier alpha value is -1.07. The summed E-state index contributed by atoms with van der Waals surface area (Å²) in [6, 6.07) is 6.08. The van der Waals surface area contributed by atoms with E-state index < -0.39 is 10.4 Å². The first-order valence-corrected chi connectivity index (χ1v) is 4.57. The van der Waals surface area contributed by atoms with Gasteiger partial charge in [0.1, 0.15) is 5.44 Å². The Morgan fingerprint density at radius 3 is 2.38 bits per heavy atom. The van der Waals surface area contributed by atoms with Crippen molar-refractivity contribution in [2.24, 2.45) is 0 Å². The van der Waals surface area contributed by atoms with Crippen LogP contribution in [0.3, 0.4) is 0 Å². The molecule has 0 bridgehead atoms. The van der Waals surface area contributed by atoms with E-state index >= 15 is 0 Å². The van der Waals surface area contributed by atoms with E-state index in [9.17, 15) is 10.1 Å². The molecule has 1 rings (SSSR count). The molecule has 0 aliphatic heterocycles. The molecule has 0 fully saturated rings. The number of nitro groups is 1. The fraction of sp³-hybridized carbons (Fsp3) is 0.250. The fourth-order valence-corrected chi connectivity index (χ4v) is 1.53. The first-order valence-electron chi connectivity index (χ1n) is 3.69. The van der Waals surface area contributed by atoms with Crippen LogP contribution in [-0.4, -0.2) is 15.5 Å². The number of nitro benzene ring substituents is 1. The predicted octanol–water partition coefficient (Wildman–Crippen LogP) is 2.03. The van der Waals surface area contributed by atoms with Crippen LogP contribution in [0.2, 0.25) is 0 Å². The zero-order valence-electron chi connectivity index (χ0n) is 7.01. The minimum absolute atomic E-state index is 0.0648. The fourth-order valence-electron chi connectivity index (χ4n) is 0.843. The van der Waals surface area contributed by atoms with Crippen molar-refractivity contribution in [2.45, 2.75) is 17.3 Å². The lowest BCUT2D eigenvalue weighted by Gasteiger charge is -2.02. The highest BCUT2D eigenvalue weighted by atomic mass is 32.2. The summed E-state index contributed by atoms with van der Waals surface area (Å²) >= 11 is 1.25. The third kappa shape index (κ3) is 3.04. The number of nitrogens with zero attached hydrogens (tertiary/aromatic N) is 1. The molecule has 1 N–H and O–H groups in total. The van der Waals surface area contributed by atoms with Crippen LogP contribution in [0.25, 0.3) is 0 Å². The minimum Gasteiger partial charge on any atom is -0.382 e. The summed E-state index contributed by atoms with van der Waals surface area (Å²) in [6.45, 7) is 1.64. The molecule has 1 atom stereocenters. The zero-order chi connectivity index (χ0) is 9.84. The van der Waals surface area contributed by atoms with Gasteiger partial charge >= 0.3 is 0 Å². The monoisotopic (exact) mass is 199 g/mol. The number of aliphatic hydroxyl groups is 1. The summed E-state index contributed by atoms with van der Waals surface area (Å²) < 4.78 is 0. The van der Waals surface area contributed by atoms with Crippen molar-refractivity contribution < 1.29 is 10.0 Å². The molecule has 0 aliphatic carbocycles. The van der Waals surface area contributed by atoms with Gasteiger partial charge in [-0.2, -0.15) is 0 Å². The Labute approximate surface area is 79.7 Å². The highest BCUT2D eigenvalue weighted by Crippen LogP contribution is 2.23. The Morgan fingerprint density at radius 2 is 2.00 bits per heavy atom. The predicted molar refractivity (Wildman–Crippen MR) is 50.6 cm³/mol. The molecule has 4 nitrogen and oxygen atoms in total. The number of rotatable bonds is 3. The Bertz CT molecular complexity index is 297. The first kappa shape index (κ1) is 10.0. The number of thioether (sulfide) groups is 1. The Balaban J connectivity index is 2.75. The molecule has 0 spiro atoms. The highest BCUT2D eigenvalue weighted by Gasteiger charge is 2.05. The molecule has 1 aromatic carbocycles. The van der Waals surface area contributed by atoms with Gasteiger partial charge in [-0.3, -0.25) is 10.1 Å². The molecular formula is C8H9NO3S. The number of non-ortho nitro benzene ring substituents is 1. The minimum atomic E-state index is -0.499. The average Bonchev–Trinajstić information content (AvgIpc) is 2.04. The lowest BCUT2D eigenvalue weighted by atomic mass is 10.3. The third-order valence-electron chi connectivity index (χ3n) is 1.35. The number of hydrogen-bond donors (Lipinski definition) is 1. The molecule has 0 heterocycles. The van der Waals surface area contributed by atoms with Gasteiger partial charge in [0, 0.05) is 17.0 Å². The first-order chi connectivity index (χ1) is 6.09. The molecule has 0 radical (unpaired) electrons. The second kappa shape index (κ2) is 4.25. The summed E-state index contributed by atoms with van der Waals surface area (Å²) in [4.78, 5) is 10.7. The van der Waals surface area contributed by atoms with E-state index in [4.69, 9.17) is 5.11 Å². The number of hydrogen-bond acceptors (Lipinski definition) is 4. The maximum Gasteiger partial charge on any atom is 0.269 e. The molecule has 70 valence electrons. The van der Waals surface area contributed by atoms with Crippen LogP contribution in [0.4, 0.5) is 5.69 Å². The van der Waals surface area contributed by atoms with Crippen molar-refractivity contribution in [2.75, 3.05) is 0 Å². The SMILES string of the molecule is CC(O)Sc1ccc([N+](=O)[O-])cc1. The van der Waals surface area contributed by atoms with Crippen molar-refractivity contribution in [3.05, 3.63) is 34.4 Å². The summed E-state index contributed by atoms with van der Waals surface area (Å²) in [7, 11) is 0. The van der Waals surface area contributed by atoms with Crippen LogP contribution in [0.15, 0.2) is 29.2 Å². The molecule has 0 aromatic heterocycles. The van der Waals surface area contributed by atoms with E-state index in [1.807, 2.05) is 0 Å². The van der Waals surface area contributed by atoms with Crippen molar-refractivity contribution in [1.29, 1.82) is 0 Å². The van der Waals surface area contributed by atoms with E-state index in [2.05, 4.69) is 0 Å². The van der Waals surface area contributed by atoms with Crippen LogP contribution in [0.1, 0.15) is 6.92 Å². The molecule has 0 saturated heterocycles. The summed E-state index contributed by atoms with van der Waals surface area (Å²) in [5, 5.41) is 19.3. The quantitative estimate of drug-likeness (QED) is 0.350. The van der Waals surface area contributed by atoms with Gasteiger partial charge in [-0.25, -0.2) is 0 Å². The summed E-state index contributed by atoms with van der Waals surface area (Å²) in [5.41, 5.74) is -0.434. The van der Waals surface area contributed by atoms with Crippen LogP contribution >= 0.6 is 11.8 Å². The third-order valence-corrected chi connectivity index (χ3v) is 2.24. The second-order valence-corrected chi connectivity index (χ2v) is 3.86. The topological polar surface area (TPSA) is 63.4 Å². The largest absolute Gasteiger partial charge is 0.382 e. The van der Waals surface area contributed by atoms with E-state index in [1.54, 1.807) is 19.1 Å². The van der Waals surface area contributed by atoms with Crippen LogP contribution in [-0.2, 0) is 0 Å². The molecule has 0 amide bonds. The zero-order valence-corrected chi connectivity index (χ0v) is 7.82. The Morgan fingerprint density at radius 1 is 1.46 bits per heavy atom. The van der Waals surface area contributed by atoms with E-state index in [0.717, 1.165) is 4.90 Å². The summed E-state index contributed by atoms with van der Waals surface area (Å²) in [5.74, 6) is 0. The molecule has 0 aliphatic rings. The number of aliphatic hydroxyl groups excluding tert-OH is 1. The normalized spacial score (nSPS) is 12.5. The van der Waals surface area contributed by atoms with Gasteiger partial charge in [0.2, 0.25) is 0 Å². The van der Waals surface area contributed by atoms with E-state index in [1.165, 1.54) is 23.9 Å². The molecular weight excluding hydrogens is 190 g/mol. The average molecular weight is 199 g/mol. The molecule has 1 unspecified atom stereocenters. The van der Waals surface area contributed by atoms with Gasteiger partial charge < -0.3 is 5.11 Å². The molecule has 13 heavy (non-hydrogen) atoms. The Kier molecular flexibility index (Phi) is 3.27. The van der Waals surface area contributed by atoms with Gasteiger partial charge in [0.05, 0.1) is 4.92 Å². The molecule has 5 heteroatoms. The second-order valence-electron chi connectivity index (χ2n) is 2.47. The standard InChI is InChI=1S/C8H9NO3S/c1-6(10)13-8-4-2-7(3-5-8)9(11)12/h2-6,10H,1H3. The lowest BCUT2D eigenvalue weighted by molar-refractivity contribution is -0.384. The maximum atomic E-state index is 10.3. The van der Waals surface area contributed by atoms with Crippen molar-refractivity contribution in [1.82, 2.24) is 0 Å². The van der Waals surface area contributed by atoms with Crippen molar-refractivity contribution >= 4 is 17.4 Å². The lowest BCUT2D eigenvalue weighted by Crippen LogP contribution is -1.91. The number of benzene rings is 1. The van der Waals surface area contributed by atoms with Crippen molar-refractivity contribution in [3.63, 3.8) is 0 Å².